The summed E-state index contributed by atoms with van der Waals surface area (Å²) in [4.78, 5) is 0. The van der Waals surface area contributed by atoms with Crippen LogP contribution in [0, 0.1) is 6.92 Å². The predicted molar refractivity (Wildman–Crippen MR) is 89.8 cm³/mol. The maximum Gasteiger partial charge on any atom is 0.136 e. The van der Waals surface area contributed by atoms with Gasteiger partial charge in [0.1, 0.15) is 4.75 Å². The van der Waals surface area contributed by atoms with Crippen LogP contribution in [0.1, 0.15) is 51.8 Å². The Morgan fingerprint density at radius 1 is 1.35 bits per heavy atom. The van der Waals surface area contributed by atoms with E-state index in [0.29, 0.717) is 5.02 Å². The molecule has 5 heteroatoms. The molecule has 0 heterocycles. The van der Waals surface area contributed by atoms with Crippen LogP contribution < -0.4 is 10.0 Å². The summed E-state index contributed by atoms with van der Waals surface area (Å²) in [5.41, 5.74) is 3.16. The van der Waals surface area contributed by atoms with E-state index in [0.717, 1.165) is 23.4 Å². The second-order valence-electron chi connectivity index (χ2n) is 5.94. The Morgan fingerprint density at radius 3 is 2.45 bits per heavy atom. The lowest BCUT2D eigenvalue weighted by molar-refractivity contribution is 0.531. The van der Waals surface area contributed by atoms with Crippen LogP contribution in [-0.2, 0) is 11.4 Å². The van der Waals surface area contributed by atoms with Crippen molar-refractivity contribution in [1.82, 2.24) is 4.72 Å². The van der Waals surface area contributed by atoms with Crippen molar-refractivity contribution in [2.24, 2.45) is 0 Å². The van der Waals surface area contributed by atoms with Gasteiger partial charge in [-0.25, -0.2) is 0 Å². The largest absolute Gasteiger partial charge is 0.598 e. The van der Waals surface area contributed by atoms with Gasteiger partial charge in [-0.2, -0.15) is 0 Å². The van der Waals surface area contributed by atoms with Crippen LogP contribution in [0.3, 0.4) is 0 Å². The van der Waals surface area contributed by atoms with Gasteiger partial charge in [-0.15, -0.1) is 4.72 Å². The molecule has 1 aromatic rings. The van der Waals surface area contributed by atoms with Gasteiger partial charge in [0.15, 0.2) is 0 Å². The van der Waals surface area contributed by atoms with Gasteiger partial charge in [0.2, 0.25) is 0 Å². The molecular weight excluding hydrogens is 292 g/mol. The van der Waals surface area contributed by atoms with Crippen LogP contribution in [0.5, 0.6) is 0 Å². The minimum Gasteiger partial charge on any atom is -0.598 e. The third kappa shape index (κ3) is 4.55. The van der Waals surface area contributed by atoms with Gasteiger partial charge in [-0.3, -0.25) is 0 Å². The van der Waals surface area contributed by atoms with Crippen LogP contribution in [0.4, 0.5) is 5.69 Å². The molecule has 0 aliphatic carbocycles. The first-order valence-corrected chi connectivity index (χ1v) is 8.41. The fourth-order valence-corrected chi connectivity index (χ4v) is 2.95. The summed E-state index contributed by atoms with van der Waals surface area (Å²) in [6.45, 7) is 12.8. The van der Waals surface area contributed by atoms with Crippen LogP contribution >= 0.6 is 11.6 Å². The van der Waals surface area contributed by atoms with Crippen LogP contribution in [0.15, 0.2) is 12.1 Å². The van der Waals surface area contributed by atoms with Gasteiger partial charge in [0.05, 0.1) is 6.04 Å². The summed E-state index contributed by atoms with van der Waals surface area (Å²) >= 11 is 5.23. The number of rotatable bonds is 5. The van der Waals surface area contributed by atoms with Gasteiger partial charge < -0.3 is 9.87 Å². The number of nitrogens with one attached hydrogen (secondary N) is 2. The van der Waals surface area contributed by atoms with Crippen molar-refractivity contribution in [3.63, 3.8) is 0 Å². The summed E-state index contributed by atoms with van der Waals surface area (Å²) in [7, 11) is 0. The van der Waals surface area contributed by atoms with Gasteiger partial charge in [0.25, 0.3) is 0 Å². The summed E-state index contributed by atoms with van der Waals surface area (Å²) in [6.07, 6.45) is 0. The minimum atomic E-state index is -1.12. The molecular formula is C15H25ClN2OS. The molecule has 114 valence electrons. The first-order chi connectivity index (χ1) is 9.16. The third-order valence-corrected chi connectivity index (χ3v) is 5.02. The van der Waals surface area contributed by atoms with E-state index in [4.69, 9.17) is 11.6 Å². The molecule has 0 fully saturated rings. The Labute approximate surface area is 130 Å². The standard InChI is InChI=1S/C15H25ClN2OS/c1-7-17-14-9-13(16)12(8-10(14)2)11(3)18-20(19)15(4,5)6/h8-9,11,17-18H,7H2,1-6H3/t11-,20-/m1/s1. The second-order valence-corrected chi connectivity index (χ2v) is 8.34. The fourth-order valence-electron chi connectivity index (χ4n) is 1.82. The lowest BCUT2D eigenvalue weighted by atomic mass is 10.0. The smallest absolute Gasteiger partial charge is 0.136 e. The average Bonchev–Trinajstić information content (AvgIpc) is 2.32. The molecule has 0 aromatic heterocycles. The van der Waals surface area contributed by atoms with Crippen molar-refractivity contribution >= 4 is 28.7 Å². The Morgan fingerprint density at radius 2 is 1.95 bits per heavy atom. The molecule has 0 saturated carbocycles. The number of halogens is 1. The van der Waals surface area contributed by atoms with Crippen LogP contribution in [-0.4, -0.2) is 15.8 Å². The summed E-state index contributed by atoms with van der Waals surface area (Å²) in [5.74, 6) is 0. The summed E-state index contributed by atoms with van der Waals surface area (Å²) < 4.78 is 15.0. The highest BCUT2D eigenvalue weighted by atomic mass is 35.5. The molecule has 1 rings (SSSR count). The van der Waals surface area contributed by atoms with E-state index < -0.39 is 11.4 Å². The van der Waals surface area contributed by atoms with E-state index in [1.807, 2.05) is 40.7 Å². The summed E-state index contributed by atoms with van der Waals surface area (Å²) in [5, 5.41) is 3.98. The molecule has 0 saturated heterocycles. The van der Waals surface area contributed by atoms with Gasteiger partial charge in [-0.05, 0) is 58.7 Å². The third-order valence-electron chi connectivity index (χ3n) is 3.02. The zero-order chi connectivity index (χ0) is 15.5. The molecule has 0 bridgehead atoms. The fraction of sp³-hybridized carbons (Fsp3) is 0.600. The van der Waals surface area contributed by atoms with Crippen molar-refractivity contribution < 1.29 is 4.55 Å². The maximum absolute atomic E-state index is 12.2. The number of benzene rings is 1. The highest BCUT2D eigenvalue weighted by molar-refractivity contribution is 7.90. The zero-order valence-electron chi connectivity index (χ0n) is 13.1. The Balaban J connectivity index is 2.94. The monoisotopic (exact) mass is 316 g/mol. The molecule has 0 unspecified atom stereocenters. The number of hydrogen-bond acceptors (Lipinski definition) is 3. The molecule has 20 heavy (non-hydrogen) atoms. The van der Waals surface area contributed by atoms with E-state index in [-0.39, 0.29) is 10.8 Å². The lowest BCUT2D eigenvalue weighted by Gasteiger charge is -2.27. The molecule has 1 aromatic carbocycles. The number of anilines is 1. The molecule has 0 aliphatic heterocycles. The first kappa shape index (κ1) is 17.6. The van der Waals surface area contributed by atoms with E-state index in [2.05, 4.69) is 23.0 Å². The van der Waals surface area contributed by atoms with Gasteiger partial charge in [0, 0.05) is 28.6 Å². The normalized spacial score (nSPS) is 15.0. The molecule has 0 radical (unpaired) electrons. The van der Waals surface area contributed by atoms with Crippen molar-refractivity contribution in [1.29, 1.82) is 0 Å². The second kappa shape index (κ2) is 7.03. The zero-order valence-corrected chi connectivity index (χ0v) is 14.7. The van der Waals surface area contributed by atoms with Crippen molar-refractivity contribution in [3.05, 3.63) is 28.3 Å². The van der Waals surface area contributed by atoms with E-state index >= 15 is 0 Å². The van der Waals surface area contributed by atoms with E-state index in [9.17, 15) is 4.55 Å². The Kier molecular flexibility index (Phi) is 6.20. The molecule has 2 N–H and O–H groups in total. The highest BCUT2D eigenvalue weighted by Crippen LogP contribution is 2.30. The van der Waals surface area contributed by atoms with Crippen molar-refractivity contribution in [3.8, 4) is 0 Å². The molecule has 2 atom stereocenters. The highest BCUT2D eigenvalue weighted by Gasteiger charge is 2.29. The van der Waals surface area contributed by atoms with Gasteiger partial charge >= 0.3 is 0 Å². The predicted octanol–water partition coefficient (Wildman–Crippen LogP) is 4.19. The van der Waals surface area contributed by atoms with Gasteiger partial charge in [-0.1, -0.05) is 17.7 Å². The molecule has 0 aliphatic rings. The average molecular weight is 317 g/mol. The lowest BCUT2D eigenvalue weighted by Crippen LogP contribution is -2.40. The molecule has 0 amide bonds. The molecule has 0 spiro atoms. The van der Waals surface area contributed by atoms with E-state index in [1.165, 1.54) is 0 Å². The van der Waals surface area contributed by atoms with Crippen LogP contribution in [0.25, 0.3) is 0 Å². The number of hydrogen-bond donors (Lipinski definition) is 2. The topological polar surface area (TPSA) is 47.1 Å². The number of aryl methyl sites for hydroxylation is 1. The van der Waals surface area contributed by atoms with Crippen molar-refractivity contribution in [2.75, 3.05) is 11.9 Å². The summed E-state index contributed by atoms with van der Waals surface area (Å²) in [6, 6.07) is 3.93. The van der Waals surface area contributed by atoms with Crippen molar-refractivity contribution in [2.45, 2.75) is 52.3 Å². The maximum atomic E-state index is 12.2. The SMILES string of the molecule is CCNc1cc(Cl)c([C@@H](C)N[S@+]([O-])C(C)(C)C)cc1C. The molecule has 3 nitrogen and oxygen atoms in total. The minimum absolute atomic E-state index is 0.0584. The first-order valence-electron chi connectivity index (χ1n) is 6.88. The van der Waals surface area contributed by atoms with E-state index in [1.54, 1.807) is 0 Å². The van der Waals surface area contributed by atoms with Crippen LogP contribution in [0.2, 0.25) is 5.02 Å². The quantitative estimate of drug-likeness (QED) is 0.801. The Hall–Kier alpha value is -0.420. The Bertz CT molecular complexity index is 460.